The summed E-state index contributed by atoms with van der Waals surface area (Å²) in [7, 11) is 0. The van der Waals surface area contributed by atoms with Gasteiger partial charge in [-0.15, -0.1) is 10.2 Å². The van der Waals surface area contributed by atoms with Crippen LogP contribution in [0, 0.1) is 11.7 Å². The van der Waals surface area contributed by atoms with Crippen LogP contribution >= 0.6 is 23.1 Å². The maximum absolute atomic E-state index is 12.9. The van der Waals surface area contributed by atoms with Crippen molar-refractivity contribution >= 4 is 33.9 Å². The summed E-state index contributed by atoms with van der Waals surface area (Å²) < 4.78 is 19.7. The van der Waals surface area contributed by atoms with Crippen molar-refractivity contribution in [1.82, 2.24) is 15.1 Å². The second-order valence-corrected chi connectivity index (χ2v) is 8.71. The van der Waals surface area contributed by atoms with Crippen molar-refractivity contribution < 1.29 is 9.13 Å². The van der Waals surface area contributed by atoms with E-state index in [4.69, 9.17) is 4.74 Å². The maximum atomic E-state index is 12.9. The lowest BCUT2D eigenvalue weighted by molar-refractivity contribution is -0.0191. The normalized spacial score (nSPS) is 18.6. The average Bonchev–Trinajstić information content (AvgIpc) is 3.02. The van der Waals surface area contributed by atoms with Crippen LogP contribution < -0.4 is 5.32 Å². The number of rotatable bonds is 7. The fourth-order valence-electron chi connectivity index (χ4n) is 2.70. The number of thioether (sulfide) groups is 1. The van der Waals surface area contributed by atoms with E-state index in [-0.39, 0.29) is 11.9 Å². The van der Waals surface area contributed by atoms with Crippen LogP contribution in [0.15, 0.2) is 28.6 Å². The Morgan fingerprint density at radius 2 is 2.16 bits per heavy atom. The van der Waals surface area contributed by atoms with Gasteiger partial charge >= 0.3 is 0 Å². The quantitative estimate of drug-likeness (QED) is 0.734. The van der Waals surface area contributed by atoms with Gasteiger partial charge < -0.3 is 10.1 Å². The predicted octanol–water partition coefficient (Wildman–Crippen LogP) is 3.87. The summed E-state index contributed by atoms with van der Waals surface area (Å²) in [6.45, 7) is 8.40. The number of anilines is 2. The maximum Gasteiger partial charge on any atom is 0.210 e. The first kappa shape index (κ1) is 18.6. The highest BCUT2D eigenvalue weighted by atomic mass is 32.2. The zero-order chi connectivity index (χ0) is 17.6. The van der Waals surface area contributed by atoms with Crippen molar-refractivity contribution in [1.29, 1.82) is 0 Å². The minimum atomic E-state index is -0.252. The highest BCUT2D eigenvalue weighted by molar-refractivity contribution is 8.01. The molecule has 1 atom stereocenters. The number of halogens is 1. The van der Waals surface area contributed by atoms with E-state index in [1.54, 1.807) is 23.9 Å². The number of hydrogen-bond acceptors (Lipinski definition) is 7. The van der Waals surface area contributed by atoms with Crippen molar-refractivity contribution in [3.8, 4) is 0 Å². The molecule has 0 bridgehead atoms. The van der Waals surface area contributed by atoms with Gasteiger partial charge in [0.25, 0.3) is 0 Å². The smallest absolute Gasteiger partial charge is 0.210 e. The van der Waals surface area contributed by atoms with E-state index in [2.05, 4.69) is 34.3 Å². The zero-order valence-corrected chi connectivity index (χ0v) is 16.1. The molecule has 1 N–H and O–H groups in total. The Hall–Kier alpha value is -1.22. The molecule has 2 heterocycles. The van der Waals surface area contributed by atoms with Crippen LogP contribution in [-0.4, -0.2) is 53.2 Å². The summed E-state index contributed by atoms with van der Waals surface area (Å²) in [5.74, 6) is 1.30. The molecule has 0 saturated carbocycles. The fraction of sp³-hybridized carbons (Fsp3) is 0.529. The third kappa shape index (κ3) is 5.91. The van der Waals surface area contributed by atoms with Crippen molar-refractivity contribution in [3.63, 3.8) is 0 Å². The zero-order valence-electron chi connectivity index (χ0n) is 14.4. The summed E-state index contributed by atoms with van der Waals surface area (Å²) in [5.41, 5.74) is 0.800. The van der Waals surface area contributed by atoms with Crippen LogP contribution in [0.4, 0.5) is 15.2 Å². The molecule has 1 aromatic carbocycles. The van der Waals surface area contributed by atoms with Crippen molar-refractivity contribution in [2.75, 3.05) is 37.3 Å². The molecule has 0 aliphatic carbocycles. The second-order valence-electron chi connectivity index (χ2n) is 6.46. The van der Waals surface area contributed by atoms with E-state index >= 15 is 0 Å². The molecule has 1 aromatic heterocycles. The van der Waals surface area contributed by atoms with Gasteiger partial charge in [0, 0.05) is 31.1 Å². The summed E-state index contributed by atoms with van der Waals surface area (Å²) in [5, 5.41) is 12.2. The van der Waals surface area contributed by atoms with Crippen molar-refractivity contribution in [3.05, 3.63) is 30.1 Å². The van der Waals surface area contributed by atoms with Gasteiger partial charge in [-0.05, 0) is 30.2 Å². The average molecular weight is 383 g/mol. The molecule has 1 fully saturated rings. The molecule has 5 nitrogen and oxygen atoms in total. The molecular formula is C17H23FN4OS2. The Morgan fingerprint density at radius 1 is 1.36 bits per heavy atom. The molecule has 0 radical (unpaired) electrons. The summed E-state index contributed by atoms with van der Waals surface area (Å²) in [6.07, 6.45) is 0.231. The van der Waals surface area contributed by atoms with Crippen LogP contribution in [0.1, 0.15) is 13.8 Å². The number of hydrogen-bond donors (Lipinski definition) is 1. The van der Waals surface area contributed by atoms with Gasteiger partial charge in [0.15, 0.2) is 4.34 Å². The summed E-state index contributed by atoms with van der Waals surface area (Å²) in [6, 6.07) is 6.20. The first-order valence-corrected chi connectivity index (χ1v) is 10.2. The number of ether oxygens (including phenoxy) is 1. The Bertz CT molecular complexity index is 665. The lowest BCUT2D eigenvalue weighted by atomic mass is 10.2. The topological polar surface area (TPSA) is 50.3 Å². The number of benzene rings is 1. The Kier molecular flexibility index (Phi) is 6.63. The summed E-state index contributed by atoms with van der Waals surface area (Å²) in [4.78, 5) is 2.47. The lowest BCUT2D eigenvalue weighted by Crippen LogP contribution is -2.44. The minimum Gasteiger partial charge on any atom is -0.375 e. The SMILES string of the molecule is CC(C)CN1CCO[C@H](CSc2nnc(Nc3ccc(F)cc3)s2)C1. The van der Waals surface area contributed by atoms with Crippen LogP contribution in [0.2, 0.25) is 0 Å². The van der Waals surface area contributed by atoms with E-state index < -0.39 is 0 Å². The Morgan fingerprint density at radius 3 is 2.92 bits per heavy atom. The van der Waals surface area contributed by atoms with Crippen LogP contribution in [-0.2, 0) is 4.74 Å². The molecule has 25 heavy (non-hydrogen) atoms. The lowest BCUT2D eigenvalue weighted by Gasteiger charge is -2.33. The standard InChI is InChI=1S/C17H23FN4OS2/c1-12(2)9-22-7-8-23-15(10-22)11-24-17-21-20-16(25-17)19-14-5-3-13(18)4-6-14/h3-6,12,15H,7-11H2,1-2H3,(H,19,20)/t15-/m0/s1. The molecule has 0 amide bonds. The third-order valence-corrected chi connectivity index (χ3v) is 5.84. The molecule has 2 aromatic rings. The first-order valence-electron chi connectivity index (χ1n) is 8.41. The molecule has 136 valence electrons. The number of aromatic nitrogens is 2. The van der Waals surface area contributed by atoms with E-state index in [1.807, 2.05) is 0 Å². The molecule has 1 aliphatic rings. The van der Waals surface area contributed by atoms with Gasteiger partial charge in [0.2, 0.25) is 5.13 Å². The van der Waals surface area contributed by atoms with Gasteiger partial charge in [-0.3, -0.25) is 4.90 Å². The molecule has 0 spiro atoms. The van der Waals surface area contributed by atoms with Gasteiger partial charge in [-0.25, -0.2) is 4.39 Å². The van der Waals surface area contributed by atoms with E-state index in [0.29, 0.717) is 11.0 Å². The molecule has 1 aliphatic heterocycles. The Labute approximate surface area is 156 Å². The van der Waals surface area contributed by atoms with Crippen LogP contribution in [0.5, 0.6) is 0 Å². The molecule has 0 unspecified atom stereocenters. The summed E-state index contributed by atoms with van der Waals surface area (Å²) >= 11 is 3.17. The van der Waals surface area contributed by atoms with E-state index in [0.717, 1.165) is 42.0 Å². The molecule has 3 rings (SSSR count). The van der Waals surface area contributed by atoms with E-state index in [1.165, 1.54) is 23.5 Å². The highest BCUT2D eigenvalue weighted by Gasteiger charge is 2.21. The number of morpholine rings is 1. The van der Waals surface area contributed by atoms with Crippen LogP contribution in [0.3, 0.4) is 0 Å². The van der Waals surface area contributed by atoms with Gasteiger partial charge in [0.05, 0.1) is 12.7 Å². The van der Waals surface area contributed by atoms with Gasteiger partial charge in [-0.1, -0.05) is 36.9 Å². The molecule has 1 saturated heterocycles. The first-order chi connectivity index (χ1) is 12.1. The van der Waals surface area contributed by atoms with E-state index in [9.17, 15) is 4.39 Å². The predicted molar refractivity (Wildman–Crippen MR) is 101 cm³/mol. The largest absolute Gasteiger partial charge is 0.375 e. The molecule has 8 heteroatoms. The molecular weight excluding hydrogens is 359 g/mol. The third-order valence-electron chi connectivity index (χ3n) is 3.74. The van der Waals surface area contributed by atoms with Crippen molar-refractivity contribution in [2.24, 2.45) is 5.92 Å². The van der Waals surface area contributed by atoms with Crippen molar-refractivity contribution in [2.45, 2.75) is 24.3 Å². The number of nitrogens with one attached hydrogen (secondary N) is 1. The Balaban J connectivity index is 1.47. The van der Waals surface area contributed by atoms with Gasteiger partial charge in [0.1, 0.15) is 5.82 Å². The monoisotopic (exact) mass is 382 g/mol. The number of nitrogens with zero attached hydrogens (tertiary/aromatic N) is 3. The van der Waals surface area contributed by atoms with Crippen LogP contribution in [0.25, 0.3) is 0 Å². The highest BCUT2D eigenvalue weighted by Crippen LogP contribution is 2.29. The second kappa shape index (κ2) is 8.93. The fourth-order valence-corrected chi connectivity index (χ4v) is 4.51. The minimum absolute atomic E-state index is 0.231. The van der Waals surface area contributed by atoms with Gasteiger partial charge in [-0.2, -0.15) is 0 Å².